The maximum atomic E-state index is 12.5. The average Bonchev–Trinajstić information content (AvgIpc) is 3.44. The summed E-state index contributed by atoms with van der Waals surface area (Å²) in [4.78, 5) is 19.3. The summed E-state index contributed by atoms with van der Waals surface area (Å²) in [5, 5.41) is 8.16. The van der Waals surface area contributed by atoms with Gasteiger partial charge in [0.2, 0.25) is 10.0 Å². The van der Waals surface area contributed by atoms with Crippen LogP contribution in [-0.4, -0.2) is 65.6 Å². The van der Waals surface area contributed by atoms with Gasteiger partial charge >= 0.3 is 5.97 Å². The maximum absolute atomic E-state index is 12.5. The number of ether oxygens (including phenoxy) is 1. The molecular formula is C21H26N6O4S. The number of benzene rings is 1. The van der Waals surface area contributed by atoms with Crippen molar-refractivity contribution in [2.45, 2.75) is 37.8 Å². The molecule has 1 aromatic carbocycles. The molecule has 1 fully saturated rings. The molecular weight excluding hydrogens is 432 g/mol. The Morgan fingerprint density at radius 2 is 1.88 bits per heavy atom. The summed E-state index contributed by atoms with van der Waals surface area (Å²) in [6.07, 6.45) is 2.26. The largest absolute Gasteiger partial charge is 0.453 e. The molecule has 11 heteroatoms. The number of carbonyl (C=O) groups is 1. The fourth-order valence-corrected chi connectivity index (χ4v) is 4.67. The number of imidazole rings is 1. The van der Waals surface area contributed by atoms with E-state index in [0.717, 1.165) is 41.6 Å². The minimum Gasteiger partial charge on any atom is -0.453 e. The zero-order valence-corrected chi connectivity index (χ0v) is 19.2. The zero-order valence-electron chi connectivity index (χ0n) is 18.4. The molecule has 1 aliphatic rings. The second-order valence-corrected chi connectivity index (χ2v) is 9.91. The summed E-state index contributed by atoms with van der Waals surface area (Å²) in [7, 11) is -0.607. The molecule has 0 radical (unpaired) electrons. The van der Waals surface area contributed by atoms with Gasteiger partial charge in [-0.2, -0.15) is 0 Å². The number of nitrogens with zero attached hydrogens (tertiary/aromatic N) is 6. The Balaban J connectivity index is 1.51. The fourth-order valence-electron chi connectivity index (χ4n) is 3.75. The van der Waals surface area contributed by atoms with Crippen LogP contribution in [0.2, 0.25) is 0 Å². The molecule has 3 aromatic rings. The maximum Gasteiger partial charge on any atom is 0.359 e. The van der Waals surface area contributed by atoms with Gasteiger partial charge in [-0.05, 0) is 50.1 Å². The van der Waals surface area contributed by atoms with Crippen LogP contribution in [0.15, 0.2) is 35.2 Å². The summed E-state index contributed by atoms with van der Waals surface area (Å²) in [6.45, 7) is 4.37. The predicted octanol–water partition coefficient (Wildman–Crippen LogP) is 2.05. The van der Waals surface area contributed by atoms with Gasteiger partial charge in [-0.1, -0.05) is 0 Å². The van der Waals surface area contributed by atoms with Crippen LogP contribution < -0.4 is 4.90 Å². The predicted molar refractivity (Wildman–Crippen MR) is 119 cm³/mol. The monoisotopic (exact) mass is 458 g/mol. The number of carbonyl (C=O) groups excluding carboxylic acids is 1. The molecule has 0 bridgehead atoms. The molecule has 3 heterocycles. The standard InChI is InChI=1S/C21H26N6O4S/c1-4-27-18-9-7-15(32(29,30)25(2)3)13-17(18)22-20(27)14-31-21(28)16-8-10-19(24-23-16)26-11-5-6-12-26/h7-10,13H,4-6,11-12,14H2,1-3H3. The minimum atomic E-state index is -3.57. The van der Waals surface area contributed by atoms with E-state index in [1.807, 2.05) is 11.5 Å². The lowest BCUT2D eigenvalue weighted by atomic mass is 10.3. The molecule has 0 N–H and O–H groups in total. The lowest BCUT2D eigenvalue weighted by Gasteiger charge is -2.15. The summed E-state index contributed by atoms with van der Waals surface area (Å²) in [5.41, 5.74) is 1.42. The van der Waals surface area contributed by atoms with Crippen LogP contribution in [0.25, 0.3) is 11.0 Å². The van der Waals surface area contributed by atoms with Gasteiger partial charge in [0.1, 0.15) is 12.4 Å². The summed E-state index contributed by atoms with van der Waals surface area (Å²) in [6, 6.07) is 8.20. The fraction of sp³-hybridized carbons (Fsp3) is 0.429. The van der Waals surface area contributed by atoms with Gasteiger partial charge in [-0.3, -0.25) is 0 Å². The average molecular weight is 459 g/mol. The second kappa shape index (κ2) is 8.83. The number of hydrogen-bond acceptors (Lipinski definition) is 8. The van der Waals surface area contributed by atoms with Crippen molar-refractivity contribution in [3.8, 4) is 0 Å². The first-order valence-electron chi connectivity index (χ1n) is 10.5. The summed E-state index contributed by atoms with van der Waals surface area (Å²) < 4.78 is 33.3. The Labute approximate surface area is 186 Å². The number of aryl methyl sites for hydroxylation is 1. The van der Waals surface area contributed by atoms with E-state index >= 15 is 0 Å². The highest BCUT2D eigenvalue weighted by molar-refractivity contribution is 7.89. The summed E-state index contributed by atoms with van der Waals surface area (Å²) >= 11 is 0. The smallest absolute Gasteiger partial charge is 0.359 e. The highest BCUT2D eigenvalue weighted by Crippen LogP contribution is 2.23. The minimum absolute atomic E-state index is 0.0628. The topological polar surface area (TPSA) is 111 Å². The first kappa shape index (κ1) is 22.2. The van der Waals surface area contributed by atoms with E-state index in [-0.39, 0.29) is 17.2 Å². The van der Waals surface area contributed by atoms with E-state index in [0.29, 0.717) is 17.9 Å². The molecule has 1 aliphatic heterocycles. The molecule has 170 valence electrons. The van der Waals surface area contributed by atoms with Crippen molar-refractivity contribution in [2.24, 2.45) is 0 Å². The first-order valence-corrected chi connectivity index (χ1v) is 11.9. The molecule has 0 saturated carbocycles. The number of rotatable bonds is 7. The zero-order chi connectivity index (χ0) is 22.9. The number of esters is 1. The highest BCUT2D eigenvalue weighted by Gasteiger charge is 2.21. The van der Waals surface area contributed by atoms with Crippen molar-refractivity contribution in [3.63, 3.8) is 0 Å². The van der Waals surface area contributed by atoms with Gasteiger partial charge in [-0.15, -0.1) is 10.2 Å². The van der Waals surface area contributed by atoms with Crippen LogP contribution >= 0.6 is 0 Å². The van der Waals surface area contributed by atoms with Crippen LogP contribution in [0.1, 0.15) is 36.1 Å². The molecule has 2 aromatic heterocycles. The third-order valence-corrected chi connectivity index (χ3v) is 7.33. The lowest BCUT2D eigenvalue weighted by Crippen LogP contribution is -2.22. The molecule has 0 amide bonds. The number of sulfonamides is 1. The number of fused-ring (bicyclic) bond motifs is 1. The van der Waals surface area contributed by atoms with Gasteiger partial charge in [0, 0.05) is 33.7 Å². The quantitative estimate of drug-likeness (QED) is 0.495. The highest BCUT2D eigenvalue weighted by atomic mass is 32.2. The van der Waals surface area contributed by atoms with Gasteiger partial charge < -0.3 is 14.2 Å². The van der Waals surface area contributed by atoms with E-state index in [4.69, 9.17) is 4.74 Å². The molecule has 0 spiro atoms. The van der Waals surface area contributed by atoms with E-state index in [2.05, 4.69) is 20.1 Å². The Morgan fingerprint density at radius 3 is 2.50 bits per heavy atom. The third kappa shape index (κ3) is 4.17. The van der Waals surface area contributed by atoms with E-state index in [1.54, 1.807) is 24.3 Å². The van der Waals surface area contributed by atoms with Gasteiger partial charge in [0.15, 0.2) is 11.5 Å². The molecule has 1 saturated heterocycles. The molecule has 10 nitrogen and oxygen atoms in total. The van der Waals surface area contributed by atoms with Crippen molar-refractivity contribution in [1.82, 2.24) is 24.1 Å². The molecule has 0 aliphatic carbocycles. The van der Waals surface area contributed by atoms with Crippen LogP contribution in [0.4, 0.5) is 5.82 Å². The van der Waals surface area contributed by atoms with Gasteiger partial charge in [0.05, 0.1) is 15.9 Å². The Hall–Kier alpha value is -3.05. The van der Waals surface area contributed by atoms with Crippen molar-refractivity contribution >= 4 is 32.8 Å². The van der Waals surface area contributed by atoms with Crippen LogP contribution in [0.3, 0.4) is 0 Å². The van der Waals surface area contributed by atoms with E-state index in [9.17, 15) is 13.2 Å². The SMILES string of the molecule is CCn1c(COC(=O)c2ccc(N3CCCC3)nn2)nc2cc(S(=O)(=O)N(C)C)ccc21. The Morgan fingerprint density at radius 1 is 1.12 bits per heavy atom. The van der Waals surface area contributed by atoms with Crippen LogP contribution in [0.5, 0.6) is 0 Å². The van der Waals surface area contributed by atoms with Crippen molar-refractivity contribution < 1.29 is 17.9 Å². The molecule has 0 atom stereocenters. The number of anilines is 1. The van der Waals surface area contributed by atoms with Gasteiger partial charge in [0.25, 0.3) is 0 Å². The lowest BCUT2D eigenvalue weighted by molar-refractivity contribution is 0.0450. The Bertz CT molecular complexity index is 1230. The van der Waals surface area contributed by atoms with Crippen LogP contribution in [0, 0.1) is 0 Å². The normalized spacial score (nSPS) is 14.4. The number of aromatic nitrogens is 4. The molecule has 4 rings (SSSR count). The second-order valence-electron chi connectivity index (χ2n) is 7.76. The summed E-state index contributed by atoms with van der Waals surface area (Å²) in [5.74, 6) is 0.697. The van der Waals surface area contributed by atoms with Gasteiger partial charge in [-0.25, -0.2) is 22.5 Å². The van der Waals surface area contributed by atoms with E-state index < -0.39 is 16.0 Å². The van der Waals surface area contributed by atoms with Crippen LogP contribution in [-0.2, 0) is 27.9 Å². The Kier molecular flexibility index (Phi) is 6.11. The van der Waals surface area contributed by atoms with Crippen molar-refractivity contribution in [1.29, 1.82) is 0 Å². The van der Waals surface area contributed by atoms with Crippen molar-refractivity contribution in [3.05, 3.63) is 41.9 Å². The molecule has 32 heavy (non-hydrogen) atoms. The van der Waals surface area contributed by atoms with E-state index in [1.165, 1.54) is 20.2 Å². The molecule has 0 unspecified atom stereocenters. The van der Waals surface area contributed by atoms with Crippen molar-refractivity contribution in [2.75, 3.05) is 32.1 Å². The first-order chi connectivity index (χ1) is 15.3. The third-order valence-electron chi connectivity index (χ3n) is 5.52. The number of hydrogen-bond donors (Lipinski definition) is 0.